The molecule has 0 saturated carbocycles. The predicted molar refractivity (Wildman–Crippen MR) is 338 cm³/mol. The van der Waals surface area contributed by atoms with Crippen molar-refractivity contribution in [2.45, 2.75) is 392 Å². The first-order valence-corrected chi connectivity index (χ1v) is 34.8. The van der Waals surface area contributed by atoms with Gasteiger partial charge in [0.25, 0.3) is 0 Å². The zero-order chi connectivity index (χ0) is 55.7. The Morgan fingerprint density at radius 2 is 0.649 bits per heavy atom. The smallest absolute Gasteiger partial charge is 0.305 e. The van der Waals surface area contributed by atoms with Gasteiger partial charge in [-0.05, 0) is 64.2 Å². The summed E-state index contributed by atoms with van der Waals surface area (Å²) in [5.41, 5.74) is 0. The van der Waals surface area contributed by atoms with Gasteiger partial charge < -0.3 is 20.3 Å². The summed E-state index contributed by atoms with van der Waals surface area (Å²) in [5, 5.41) is 23.2. The number of allylic oxidation sites excluding steroid dienone is 5. The Labute approximate surface area is 481 Å². The number of ether oxygens (including phenoxy) is 1. The van der Waals surface area contributed by atoms with Crippen molar-refractivity contribution in [2.24, 2.45) is 0 Å². The van der Waals surface area contributed by atoms with Gasteiger partial charge in [-0.25, -0.2) is 0 Å². The molecule has 2 unspecified atom stereocenters. The third kappa shape index (κ3) is 63.1. The summed E-state index contributed by atoms with van der Waals surface area (Å²) in [6, 6.07) is -0.628. The van der Waals surface area contributed by atoms with Crippen LogP contribution in [0.1, 0.15) is 380 Å². The second-order valence-electron chi connectivity index (χ2n) is 23.9. The van der Waals surface area contributed by atoms with Gasteiger partial charge in [0.15, 0.2) is 0 Å². The highest BCUT2D eigenvalue weighted by Gasteiger charge is 2.18. The van der Waals surface area contributed by atoms with Gasteiger partial charge in [0.2, 0.25) is 5.91 Å². The third-order valence-corrected chi connectivity index (χ3v) is 16.2. The van der Waals surface area contributed by atoms with E-state index in [1.54, 1.807) is 6.08 Å². The molecule has 0 aliphatic rings. The Bertz CT molecular complexity index is 1250. The molecule has 2 atom stereocenters. The fraction of sp³-hybridized carbons (Fsp3) is 0.887. The van der Waals surface area contributed by atoms with Gasteiger partial charge in [-0.3, -0.25) is 9.59 Å². The number of aliphatic hydroxyl groups is 2. The van der Waals surface area contributed by atoms with Gasteiger partial charge in [-0.1, -0.05) is 339 Å². The molecule has 0 rings (SSSR count). The largest absolute Gasteiger partial charge is 0.466 e. The summed E-state index contributed by atoms with van der Waals surface area (Å²) in [6.07, 6.45) is 85.0. The van der Waals surface area contributed by atoms with Gasteiger partial charge in [0, 0.05) is 12.8 Å². The minimum atomic E-state index is -0.845. The number of amides is 1. The van der Waals surface area contributed by atoms with Crippen LogP contribution in [0, 0.1) is 0 Å². The molecule has 0 fully saturated rings. The number of aliphatic hydroxyl groups excluding tert-OH is 2. The van der Waals surface area contributed by atoms with Gasteiger partial charge in [-0.15, -0.1) is 0 Å². The fourth-order valence-electron chi connectivity index (χ4n) is 10.8. The van der Waals surface area contributed by atoms with Crippen molar-refractivity contribution < 1.29 is 24.5 Å². The summed E-state index contributed by atoms with van der Waals surface area (Å²) in [4.78, 5) is 24.6. The maximum atomic E-state index is 12.5. The van der Waals surface area contributed by atoms with Crippen LogP contribution in [0.15, 0.2) is 36.5 Å². The molecule has 0 radical (unpaired) electrons. The van der Waals surface area contributed by atoms with E-state index in [4.69, 9.17) is 4.74 Å². The molecule has 0 saturated heterocycles. The topological polar surface area (TPSA) is 95.9 Å². The average Bonchev–Trinajstić information content (AvgIpc) is 3.43. The van der Waals surface area contributed by atoms with Crippen molar-refractivity contribution in [1.29, 1.82) is 0 Å². The normalized spacial score (nSPS) is 12.7. The molecule has 0 spiro atoms. The van der Waals surface area contributed by atoms with E-state index in [1.807, 2.05) is 6.08 Å². The number of unbranched alkanes of at least 4 members (excludes halogenated alkanes) is 50. The van der Waals surface area contributed by atoms with Crippen molar-refractivity contribution in [3.8, 4) is 0 Å². The number of rotatable bonds is 65. The van der Waals surface area contributed by atoms with Gasteiger partial charge in [0.1, 0.15) is 0 Å². The molecule has 454 valence electrons. The molecule has 0 aromatic rings. The highest BCUT2D eigenvalue weighted by atomic mass is 16.5. The zero-order valence-electron chi connectivity index (χ0n) is 52.0. The maximum absolute atomic E-state index is 12.5. The first-order valence-electron chi connectivity index (χ1n) is 34.8. The van der Waals surface area contributed by atoms with Crippen molar-refractivity contribution in [1.82, 2.24) is 5.32 Å². The Morgan fingerprint density at radius 1 is 0.364 bits per heavy atom. The summed E-state index contributed by atoms with van der Waals surface area (Å²) >= 11 is 0. The second-order valence-corrected chi connectivity index (χ2v) is 23.9. The summed E-state index contributed by atoms with van der Waals surface area (Å²) < 4.78 is 5.50. The predicted octanol–water partition coefficient (Wildman–Crippen LogP) is 22.3. The van der Waals surface area contributed by atoms with Crippen molar-refractivity contribution >= 4 is 11.9 Å². The Morgan fingerprint density at radius 3 is 1.01 bits per heavy atom. The van der Waals surface area contributed by atoms with E-state index in [-0.39, 0.29) is 18.5 Å². The number of hydrogen-bond acceptors (Lipinski definition) is 5. The highest BCUT2D eigenvalue weighted by molar-refractivity contribution is 5.76. The minimum absolute atomic E-state index is 0.00768. The lowest BCUT2D eigenvalue weighted by Crippen LogP contribution is -2.45. The molecule has 0 bridgehead atoms. The average molecular weight is 1080 g/mol. The van der Waals surface area contributed by atoms with E-state index < -0.39 is 12.1 Å². The molecule has 3 N–H and O–H groups in total. The van der Waals surface area contributed by atoms with Crippen molar-refractivity contribution in [3.05, 3.63) is 36.5 Å². The Balaban J connectivity index is 3.39. The van der Waals surface area contributed by atoms with E-state index in [9.17, 15) is 19.8 Å². The molecule has 0 heterocycles. The second kappa shape index (κ2) is 66.6. The number of carbonyl (C=O) groups is 2. The maximum Gasteiger partial charge on any atom is 0.305 e. The molecule has 0 aromatic carbocycles. The Kier molecular flexibility index (Phi) is 64.9. The summed E-state index contributed by atoms with van der Waals surface area (Å²) in [7, 11) is 0. The number of nitrogens with one attached hydrogen (secondary N) is 1. The molecular weight excluding hydrogens is 947 g/mol. The molecular formula is C71H135NO5. The zero-order valence-corrected chi connectivity index (χ0v) is 52.0. The van der Waals surface area contributed by atoms with Crippen LogP contribution in [0.3, 0.4) is 0 Å². The van der Waals surface area contributed by atoms with E-state index in [0.29, 0.717) is 19.4 Å². The quantitative estimate of drug-likeness (QED) is 0.0320. The van der Waals surface area contributed by atoms with E-state index in [2.05, 4.69) is 43.5 Å². The Hall–Kier alpha value is -1.92. The van der Waals surface area contributed by atoms with Crippen LogP contribution in [-0.4, -0.2) is 47.4 Å². The van der Waals surface area contributed by atoms with Crippen molar-refractivity contribution in [2.75, 3.05) is 13.2 Å². The lowest BCUT2D eigenvalue weighted by atomic mass is 10.0. The summed E-state index contributed by atoms with van der Waals surface area (Å²) in [5.74, 6) is -0.0561. The molecule has 1 amide bonds. The number of esters is 1. The molecule has 0 aromatic heterocycles. The lowest BCUT2D eigenvalue weighted by Gasteiger charge is -2.20. The van der Waals surface area contributed by atoms with Crippen LogP contribution in [0.25, 0.3) is 0 Å². The molecule has 77 heavy (non-hydrogen) atoms. The van der Waals surface area contributed by atoms with Crippen LogP contribution in [-0.2, 0) is 14.3 Å². The standard InChI is InChI=1S/C71H135NO5/c1-3-5-7-9-11-13-15-17-19-21-28-32-35-39-43-47-51-55-59-63-69(74)68(67-73)72-70(75)64-60-56-52-48-44-40-36-33-29-26-24-22-23-25-27-30-34-38-42-46-50-54-58-62-66-77-71(76)65-61-57-53-49-45-41-37-31-20-18-16-14-12-10-8-6-4-2/h12,14,18,20,59,63,68-69,73-74H,3-11,13,15-17,19,21-58,60-62,64-67H2,1-2H3,(H,72,75)/b14-12-,20-18-,63-59+. The number of carbonyl (C=O) groups excluding carboxylic acids is 2. The highest BCUT2D eigenvalue weighted by Crippen LogP contribution is 2.18. The van der Waals surface area contributed by atoms with E-state index >= 15 is 0 Å². The van der Waals surface area contributed by atoms with Crippen LogP contribution in [0.2, 0.25) is 0 Å². The van der Waals surface area contributed by atoms with Crippen molar-refractivity contribution in [3.63, 3.8) is 0 Å². The molecule has 0 aliphatic carbocycles. The molecule has 6 nitrogen and oxygen atoms in total. The van der Waals surface area contributed by atoms with E-state index in [1.165, 1.54) is 302 Å². The lowest BCUT2D eigenvalue weighted by molar-refractivity contribution is -0.143. The summed E-state index contributed by atoms with van der Waals surface area (Å²) in [6.45, 7) is 4.91. The minimum Gasteiger partial charge on any atom is -0.466 e. The van der Waals surface area contributed by atoms with Crippen LogP contribution in [0.5, 0.6) is 0 Å². The molecule has 6 heteroatoms. The fourth-order valence-corrected chi connectivity index (χ4v) is 10.8. The first-order chi connectivity index (χ1) is 38.0. The van der Waals surface area contributed by atoms with Crippen LogP contribution in [0.4, 0.5) is 0 Å². The van der Waals surface area contributed by atoms with Gasteiger partial charge in [-0.2, -0.15) is 0 Å². The molecule has 0 aliphatic heterocycles. The monoisotopic (exact) mass is 1080 g/mol. The van der Waals surface area contributed by atoms with E-state index in [0.717, 1.165) is 51.4 Å². The van der Waals surface area contributed by atoms with Gasteiger partial charge in [0.05, 0.1) is 25.4 Å². The SMILES string of the molecule is CCCCC/C=C\C/C=C\CCCCCCCCCC(=O)OCCCCCCCCCCCCCCCCCCCCCCCCCCC(=O)NC(CO)C(O)/C=C/CCCCCCCCCCCCCCCCCCC. The third-order valence-electron chi connectivity index (χ3n) is 16.2. The van der Waals surface area contributed by atoms with Crippen LogP contribution < -0.4 is 5.32 Å². The van der Waals surface area contributed by atoms with Gasteiger partial charge >= 0.3 is 5.97 Å². The number of hydrogen-bond donors (Lipinski definition) is 3. The first kappa shape index (κ1) is 75.1. The van der Waals surface area contributed by atoms with Crippen LogP contribution >= 0.6 is 0 Å².